The second kappa shape index (κ2) is 9.72. The van der Waals surface area contributed by atoms with Crippen LogP contribution in [0.15, 0.2) is 60.0 Å². The average Bonchev–Trinajstić information content (AvgIpc) is 3.63. The summed E-state index contributed by atoms with van der Waals surface area (Å²) in [7, 11) is 3.76. The second-order valence-electron chi connectivity index (χ2n) is 10.0. The lowest BCUT2D eigenvalue weighted by Crippen LogP contribution is -2.41. The maximum absolute atomic E-state index is 13.6. The number of fused-ring (bicyclic) bond motifs is 2. The highest BCUT2D eigenvalue weighted by molar-refractivity contribution is 7.09. The molecule has 2 aliphatic rings. The summed E-state index contributed by atoms with van der Waals surface area (Å²) in [6, 6.07) is 17.3. The Hall–Kier alpha value is -3.98. The number of benzene rings is 2. The van der Waals surface area contributed by atoms with Gasteiger partial charge in [0.1, 0.15) is 5.82 Å². The lowest BCUT2D eigenvalue weighted by Gasteiger charge is -2.35. The number of aromatic nitrogens is 2. The smallest absolute Gasteiger partial charge is 0.264 e. The summed E-state index contributed by atoms with van der Waals surface area (Å²) in [6.45, 7) is 2.06. The van der Waals surface area contributed by atoms with Gasteiger partial charge in [-0.1, -0.05) is 24.3 Å². The van der Waals surface area contributed by atoms with Crippen LogP contribution < -0.4 is 4.90 Å². The largest absolute Gasteiger partial charge is 0.371 e. The Bertz CT molecular complexity index is 1540. The number of anilines is 1. The molecule has 0 spiro atoms. The van der Waals surface area contributed by atoms with Crippen LogP contribution in [0.25, 0.3) is 11.0 Å². The third-order valence-electron chi connectivity index (χ3n) is 7.69. The van der Waals surface area contributed by atoms with Gasteiger partial charge in [0, 0.05) is 38.0 Å². The van der Waals surface area contributed by atoms with E-state index in [-0.39, 0.29) is 30.2 Å². The van der Waals surface area contributed by atoms with Crippen LogP contribution in [0, 0.1) is 5.92 Å². The monoisotopic (exact) mass is 527 g/mol. The minimum Gasteiger partial charge on any atom is -0.371 e. The molecule has 3 amide bonds. The maximum Gasteiger partial charge on any atom is 0.264 e. The molecule has 0 radical (unpaired) electrons. The molecule has 0 N–H and O–H groups in total. The highest BCUT2D eigenvalue weighted by atomic mass is 32.1. The van der Waals surface area contributed by atoms with Crippen LogP contribution in [0.4, 0.5) is 5.69 Å². The van der Waals surface area contributed by atoms with Crippen LogP contribution in [0.2, 0.25) is 0 Å². The van der Waals surface area contributed by atoms with Gasteiger partial charge >= 0.3 is 0 Å². The third kappa shape index (κ3) is 4.16. The quantitative estimate of drug-likeness (QED) is 0.349. The molecule has 0 saturated carbocycles. The van der Waals surface area contributed by atoms with E-state index in [9.17, 15) is 14.4 Å². The Morgan fingerprint density at radius 2 is 1.82 bits per heavy atom. The molecule has 4 aromatic rings. The van der Waals surface area contributed by atoms with Gasteiger partial charge < -0.3 is 14.4 Å². The van der Waals surface area contributed by atoms with Crippen LogP contribution >= 0.6 is 11.3 Å². The van der Waals surface area contributed by atoms with Crippen LogP contribution in [-0.4, -0.2) is 57.2 Å². The van der Waals surface area contributed by atoms with E-state index in [0.29, 0.717) is 49.4 Å². The number of imide groups is 1. The van der Waals surface area contributed by atoms with E-state index in [1.807, 2.05) is 77.5 Å². The normalized spacial score (nSPS) is 15.9. The number of nitrogens with zero attached hydrogens (tertiary/aromatic N) is 5. The lowest BCUT2D eigenvalue weighted by atomic mass is 9.94. The lowest BCUT2D eigenvalue weighted by molar-refractivity contribution is -0.135. The maximum atomic E-state index is 13.6. The number of hydrogen-bond donors (Lipinski definition) is 0. The van der Waals surface area contributed by atoms with Crippen molar-refractivity contribution in [2.75, 3.05) is 25.0 Å². The molecular weight excluding hydrogens is 498 g/mol. The molecule has 0 atom stereocenters. The molecule has 2 aliphatic heterocycles. The molecule has 4 heterocycles. The Labute approximate surface area is 225 Å². The fourth-order valence-electron chi connectivity index (χ4n) is 5.59. The van der Waals surface area contributed by atoms with Crippen LogP contribution in [0.3, 0.4) is 0 Å². The Kier molecular flexibility index (Phi) is 6.23. The van der Waals surface area contributed by atoms with Crippen molar-refractivity contribution in [2.45, 2.75) is 25.9 Å². The zero-order valence-electron chi connectivity index (χ0n) is 21.5. The molecule has 2 aromatic carbocycles. The number of amides is 3. The van der Waals surface area contributed by atoms with E-state index in [4.69, 9.17) is 0 Å². The summed E-state index contributed by atoms with van der Waals surface area (Å²) in [4.78, 5) is 51.1. The third-order valence-corrected chi connectivity index (χ3v) is 8.55. The van der Waals surface area contributed by atoms with Gasteiger partial charge in [-0.25, -0.2) is 4.98 Å². The van der Waals surface area contributed by atoms with Gasteiger partial charge in [0.25, 0.3) is 11.8 Å². The number of hydrogen-bond acceptors (Lipinski definition) is 6. The van der Waals surface area contributed by atoms with Gasteiger partial charge in [0.05, 0.1) is 40.9 Å². The van der Waals surface area contributed by atoms with Gasteiger partial charge in [0.2, 0.25) is 5.91 Å². The molecule has 2 aromatic heterocycles. The molecule has 1 fully saturated rings. The number of rotatable bonds is 6. The SMILES string of the molecule is CN(Cc1cccs1)C(=O)C1CCN(c2cccc3c2C(=O)N(Cc2nc4ccccc4n2C)C3=O)CC1. The number of aryl methyl sites for hydroxylation is 1. The number of carbonyl (C=O) groups excluding carboxylic acids is 3. The number of thiophene rings is 1. The summed E-state index contributed by atoms with van der Waals surface area (Å²) < 4.78 is 1.93. The summed E-state index contributed by atoms with van der Waals surface area (Å²) in [5.41, 5.74) is 3.45. The van der Waals surface area contributed by atoms with Gasteiger partial charge in [-0.2, -0.15) is 0 Å². The second-order valence-corrected chi connectivity index (χ2v) is 11.0. The standard InChI is InChI=1S/C29H29N5O3S/c1-31(17-20-7-6-16-38-20)27(35)19-12-14-33(15-13-19)24-11-5-8-21-26(24)29(37)34(28(21)36)18-25-30-22-9-3-4-10-23(22)32(25)2/h3-11,16,19H,12-15,17-18H2,1-2H3. The predicted molar refractivity (Wildman–Crippen MR) is 147 cm³/mol. The van der Waals surface area contributed by atoms with Crippen molar-refractivity contribution in [3.8, 4) is 0 Å². The van der Waals surface area contributed by atoms with Crippen molar-refractivity contribution in [1.82, 2.24) is 19.4 Å². The van der Waals surface area contributed by atoms with E-state index >= 15 is 0 Å². The van der Waals surface area contributed by atoms with Crippen LogP contribution in [-0.2, 0) is 24.9 Å². The van der Waals surface area contributed by atoms with Crippen LogP contribution in [0.1, 0.15) is 44.3 Å². The van der Waals surface area contributed by atoms with Crippen molar-refractivity contribution in [1.29, 1.82) is 0 Å². The Morgan fingerprint density at radius 1 is 1.03 bits per heavy atom. The molecule has 0 bridgehead atoms. The minimum atomic E-state index is -0.292. The van der Waals surface area contributed by atoms with E-state index in [1.165, 1.54) is 9.78 Å². The molecule has 0 unspecified atom stereocenters. The van der Waals surface area contributed by atoms with Crippen molar-refractivity contribution in [3.05, 3.63) is 81.8 Å². The van der Waals surface area contributed by atoms with Gasteiger partial charge in [0.15, 0.2) is 0 Å². The molecular formula is C29H29N5O3S. The summed E-state index contributed by atoms with van der Waals surface area (Å²) in [6.07, 6.45) is 1.42. The topological polar surface area (TPSA) is 78.8 Å². The Morgan fingerprint density at radius 3 is 2.55 bits per heavy atom. The van der Waals surface area contributed by atoms with Crippen molar-refractivity contribution in [2.24, 2.45) is 13.0 Å². The molecule has 9 heteroatoms. The molecule has 0 aliphatic carbocycles. The highest BCUT2D eigenvalue weighted by Gasteiger charge is 2.40. The van der Waals surface area contributed by atoms with E-state index in [2.05, 4.69) is 9.88 Å². The summed E-state index contributed by atoms with van der Waals surface area (Å²) in [5, 5.41) is 2.02. The first-order valence-corrected chi connectivity index (χ1v) is 13.7. The van der Waals surface area contributed by atoms with E-state index < -0.39 is 0 Å². The van der Waals surface area contributed by atoms with Crippen molar-refractivity contribution >= 4 is 45.8 Å². The van der Waals surface area contributed by atoms with Crippen molar-refractivity contribution in [3.63, 3.8) is 0 Å². The molecule has 194 valence electrons. The number of imidazole rings is 1. The fraction of sp³-hybridized carbons (Fsp3) is 0.310. The first-order chi connectivity index (χ1) is 18.4. The molecule has 1 saturated heterocycles. The van der Waals surface area contributed by atoms with Crippen LogP contribution in [0.5, 0.6) is 0 Å². The van der Waals surface area contributed by atoms with E-state index in [1.54, 1.807) is 17.4 Å². The van der Waals surface area contributed by atoms with Gasteiger partial charge in [-0.05, 0) is 48.6 Å². The van der Waals surface area contributed by atoms with Gasteiger partial charge in [-0.15, -0.1) is 11.3 Å². The summed E-state index contributed by atoms with van der Waals surface area (Å²) >= 11 is 1.66. The number of piperidine rings is 1. The highest BCUT2D eigenvalue weighted by Crippen LogP contribution is 2.35. The number of carbonyl (C=O) groups is 3. The van der Waals surface area contributed by atoms with Gasteiger partial charge in [-0.3, -0.25) is 19.3 Å². The van der Waals surface area contributed by atoms with Crippen molar-refractivity contribution < 1.29 is 14.4 Å². The molecule has 38 heavy (non-hydrogen) atoms. The summed E-state index contributed by atoms with van der Waals surface area (Å²) in [5.74, 6) is 0.199. The number of para-hydroxylation sites is 2. The zero-order valence-corrected chi connectivity index (χ0v) is 22.3. The minimum absolute atomic E-state index is 0.0423. The predicted octanol–water partition coefficient (Wildman–Crippen LogP) is 4.31. The Balaban J connectivity index is 1.17. The van der Waals surface area contributed by atoms with E-state index in [0.717, 1.165) is 16.7 Å². The molecule has 8 nitrogen and oxygen atoms in total. The first kappa shape index (κ1) is 24.4. The molecule has 6 rings (SSSR count). The fourth-order valence-corrected chi connectivity index (χ4v) is 6.35. The first-order valence-electron chi connectivity index (χ1n) is 12.8. The average molecular weight is 528 g/mol. The zero-order chi connectivity index (χ0) is 26.4.